The van der Waals surface area contributed by atoms with Gasteiger partial charge in [-0.3, -0.25) is 4.98 Å². The van der Waals surface area contributed by atoms with Crippen molar-refractivity contribution in [3.63, 3.8) is 0 Å². The van der Waals surface area contributed by atoms with Crippen molar-refractivity contribution >= 4 is 11.6 Å². The number of halogens is 1. The molecule has 0 saturated carbocycles. The van der Waals surface area contributed by atoms with Gasteiger partial charge in [-0.25, -0.2) is 0 Å². The van der Waals surface area contributed by atoms with Gasteiger partial charge in [0.1, 0.15) is 0 Å². The van der Waals surface area contributed by atoms with E-state index in [4.69, 9.17) is 21.1 Å². The summed E-state index contributed by atoms with van der Waals surface area (Å²) in [7, 11) is 0. The van der Waals surface area contributed by atoms with Crippen LogP contribution in [0.5, 0.6) is 0 Å². The van der Waals surface area contributed by atoms with E-state index < -0.39 is 0 Å². The van der Waals surface area contributed by atoms with Gasteiger partial charge in [0, 0.05) is 17.8 Å². The lowest BCUT2D eigenvalue weighted by Crippen LogP contribution is -2.12. The van der Waals surface area contributed by atoms with Crippen LogP contribution in [-0.2, 0) is 16.1 Å². The molecule has 1 atom stereocenters. The molecule has 1 aromatic rings. The van der Waals surface area contributed by atoms with Crippen molar-refractivity contribution in [2.24, 2.45) is 0 Å². The third-order valence-electron chi connectivity index (χ3n) is 2.13. The van der Waals surface area contributed by atoms with Crippen LogP contribution >= 0.6 is 11.6 Å². The van der Waals surface area contributed by atoms with Crippen molar-refractivity contribution < 1.29 is 9.47 Å². The van der Waals surface area contributed by atoms with Crippen molar-refractivity contribution in [3.8, 4) is 0 Å². The van der Waals surface area contributed by atoms with Crippen molar-refractivity contribution in [2.45, 2.75) is 19.1 Å². The minimum atomic E-state index is 0.218. The molecule has 14 heavy (non-hydrogen) atoms. The van der Waals surface area contributed by atoms with Gasteiger partial charge in [0.15, 0.2) is 0 Å². The molecule has 0 amide bonds. The second kappa shape index (κ2) is 4.73. The highest BCUT2D eigenvalue weighted by molar-refractivity contribution is 6.30. The topological polar surface area (TPSA) is 31.4 Å². The van der Waals surface area contributed by atoms with E-state index in [0.717, 1.165) is 18.7 Å². The smallest absolute Gasteiger partial charge is 0.0893 e. The fraction of sp³-hybridized carbons (Fsp3) is 0.500. The summed E-state index contributed by atoms with van der Waals surface area (Å²) < 4.78 is 10.8. The second-order valence-corrected chi connectivity index (χ2v) is 3.70. The SMILES string of the molecule is Clc1ccnc(COC2CCOC2)c1. The molecule has 1 aliphatic rings. The van der Waals surface area contributed by atoms with Gasteiger partial charge >= 0.3 is 0 Å². The maximum absolute atomic E-state index is 5.82. The van der Waals surface area contributed by atoms with Gasteiger partial charge in [0.2, 0.25) is 0 Å². The highest BCUT2D eigenvalue weighted by Crippen LogP contribution is 2.12. The number of nitrogens with zero attached hydrogens (tertiary/aromatic N) is 1. The lowest BCUT2D eigenvalue weighted by atomic mass is 10.3. The third-order valence-corrected chi connectivity index (χ3v) is 2.37. The molecule has 1 aromatic heterocycles. The van der Waals surface area contributed by atoms with Crippen LogP contribution in [0.3, 0.4) is 0 Å². The molecule has 4 heteroatoms. The molecular formula is C10H12ClNO2. The van der Waals surface area contributed by atoms with Gasteiger partial charge in [-0.2, -0.15) is 0 Å². The van der Waals surface area contributed by atoms with Crippen LogP contribution in [0, 0.1) is 0 Å². The molecule has 0 spiro atoms. The van der Waals surface area contributed by atoms with Crippen molar-refractivity contribution in [2.75, 3.05) is 13.2 Å². The maximum Gasteiger partial charge on any atom is 0.0893 e. The summed E-state index contributed by atoms with van der Waals surface area (Å²) in [6.45, 7) is 2.00. The summed E-state index contributed by atoms with van der Waals surface area (Å²) in [5, 5.41) is 0.696. The van der Waals surface area contributed by atoms with Gasteiger partial charge in [-0.05, 0) is 18.6 Å². The van der Waals surface area contributed by atoms with E-state index in [9.17, 15) is 0 Å². The lowest BCUT2D eigenvalue weighted by molar-refractivity contribution is 0.0301. The monoisotopic (exact) mass is 213 g/mol. The Balaban J connectivity index is 1.85. The van der Waals surface area contributed by atoms with E-state index in [0.29, 0.717) is 18.2 Å². The fourth-order valence-corrected chi connectivity index (χ4v) is 1.56. The van der Waals surface area contributed by atoms with Gasteiger partial charge in [0.25, 0.3) is 0 Å². The number of aromatic nitrogens is 1. The number of ether oxygens (including phenoxy) is 2. The van der Waals surface area contributed by atoms with Gasteiger partial charge in [-0.15, -0.1) is 0 Å². The van der Waals surface area contributed by atoms with E-state index in [1.807, 2.05) is 6.07 Å². The van der Waals surface area contributed by atoms with Gasteiger partial charge < -0.3 is 9.47 Å². The predicted molar refractivity (Wildman–Crippen MR) is 53.3 cm³/mol. The first-order valence-electron chi connectivity index (χ1n) is 4.64. The van der Waals surface area contributed by atoms with Crippen molar-refractivity contribution in [1.29, 1.82) is 0 Å². The van der Waals surface area contributed by atoms with Crippen LogP contribution < -0.4 is 0 Å². The first-order chi connectivity index (χ1) is 6.84. The van der Waals surface area contributed by atoms with E-state index in [1.165, 1.54) is 0 Å². The molecule has 0 N–H and O–H groups in total. The van der Waals surface area contributed by atoms with E-state index in [1.54, 1.807) is 12.3 Å². The van der Waals surface area contributed by atoms with E-state index in [-0.39, 0.29) is 6.10 Å². The highest BCUT2D eigenvalue weighted by Gasteiger charge is 2.15. The normalized spacial score (nSPS) is 21.4. The molecule has 0 radical (unpaired) electrons. The molecule has 2 rings (SSSR count). The average Bonchev–Trinajstić information content (AvgIpc) is 2.67. The average molecular weight is 214 g/mol. The molecule has 0 aromatic carbocycles. The van der Waals surface area contributed by atoms with Gasteiger partial charge in [0.05, 0.1) is 25.0 Å². The summed E-state index contributed by atoms with van der Waals surface area (Å²) >= 11 is 5.82. The summed E-state index contributed by atoms with van der Waals surface area (Å²) in [5.41, 5.74) is 0.865. The van der Waals surface area contributed by atoms with Crippen LogP contribution in [0.2, 0.25) is 5.02 Å². The van der Waals surface area contributed by atoms with Crippen LogP contribution in [-0.4, -0.2) is 24.3 Å². The second-order valence-electron chi connectivity index (χ2n) is 3.26. The lowest BCUT2D eigenvalue weighted by Gasteiger charge is -2.08. The summed E-state index contributed by atoms with van der Waals surface area (Å²) in [4.78, 5) is 4.15. The quantitative estimate of drug-likeness (QED) is 0.770. The Kier molecular flexibility index (Phi) is 3.35. The Hall–Kier alpha value is -0.640. The zero-order valence-corrected chi connectivity index (χ0v) is 8.54. The molecule has 2 heterocycles. The minimum absolute atomic E-state index is 0.218. The zero-order chi connectivity index (χ0) is 9.80. The molecule has 1 unspecified atom stereocenters. The van der Waals surface area contributed by atoms with Gasteiger partial charge in [-0.1, -0.05) is 11.6 Å². The maximum atomic E-state index is 5.82. The number of rotatable bonds is 3. The van der Waals surface area contributed by atoms with E-state index in [2.05, 4.69) is 4.98 Å². The molecule has 0 aliphatic carbocycles. The largest absolute Gasteiger partial charge is 0.379 e. The summed E-state index contributed by atoms with van der Waals surface area (Å²) in [6.07, 6.45) is 2.88. The van der Waals surface area contributed by atoms with Crippen LogP contribution in [0.4, 0.5) is 0 Å². The third kappa shape index (κ3) is 2.67. The Morgan fingerprint density at radius 2 is 2.57 bits per heavy atom. The molecule has 3 nitrogen and oxygen atoms in total. The number of hydrogen-bond acceptors (Lipinski definition) is 3. The predicted octanol–water partition coefficient (Wildman–Crippen LogP) is 2.04. The summed E-state index contributed by atoms with van der Waals surface area (Å²) in [5.74, 6) is 0. The first kappa shape index (κ1) is 9.90. The molecule has 0 bridgehead atoms. The Bertz CT molecular complexity index is 300. The number of hydrogen-bond donors (Lipinski definition) is 0. The van der Waals surface area contributed by atoms with Crippen LogP contribution in [0.15, 0.2) is 18.3 Å². The number of pyridine rings is 1. The molecule has 76 valence electrons. The Morgan fingerprint density at radius 3 is 3.29 bits per heavy atom. The standard InChI is InChI=1S/C10H12ClNO2/c11-8-1-3-12-9(5-8)6-14-10-2-4-13-7-10/h1,3,5,10H,2,4,6-7H2. The fourth-order valence-electron chi connectivity index (χ4n) is 1.38. The minimum Gasteiger partial charge on any atom is -0.379 e. The Morgan fingerprint density at radius 1 is 1.64 bits per heavy atom. The highest BCUT2D eigenvalue weighted by atomic mass is 35.5. The molecule has 1 fully saturated rings. The zero-order valence-electron chi connectivity index (χ0n) is 7.78. The molecule has 1 saturated heterocycles. The van der Waals surface area contributed by atoms with Crippen molar-refractivity contribution in [1.82, 2.24) is 4.98 Å². The van der Waals surface area contributed by atoms with Crippen LogP contribution in [0.1, 0.15) is 12.1 Å². The van der Waals surface area contributed by atoms with E-state index >= 15 is 0 Å². The molecular weight excluding hydrogens is 202 g/mol. The molecule has 1 aliphatic heterocycles. The Labute approximate surface area is 88.0 Å². The first-order valence-corrected chi connectivity index (χ1v) is 5.02. The van der Waals surface area contributed by atoms with Crippen LogP contribution in [0.25, 0.3) is 0 Å². The van der Waals surface area contributed by atoms with Crippen molar-refractivity contribution in [3.05, 3.63) is 29.0 Å². The summed E-state index contributed by atoms with van der Waals surface area (Å²) in [6, 6.07) is 3.57.